The number of rotatable bonds is 5. The summed E-state index contributed by atoms with van der Waals surface area (Å²) in [5.74, 6) is 0.0245. The number of aryl methyl sites for hydroxylation is 2. The van der Waals surface area contributed by atoms with Gasteiger partial charge in [-0.15, -0.1) is 12.4 Å². The lowest BCUT2D eigenvalue weighted by molar-refractivity contribution is -0.121. The Hall–Kier alpha value is -2.01. The van der Waals surface area contributed by atoms with E-state index < -0.39 is 0 Å². The van der Waals surface area contributed by atoms with Crippen LogP contribution in [0.1, 0.15) is 29.4 Å². The number of hydrogen-bond acceptors (Lipinski definition) is 3. The molecule has 1 atom stereocenters. The fraction of sp³-hybridized carbons (Fsp3) is 0.412. The Balaban J connectivity index is 0.00000264. The lowest BCUT2D eigenvalue weighted by Crippen LogP contribution is -2.35. The Morgan fingerprint density at radius 3 is 2.43 bits per heavy atom. The van der Waals surface area contributed by atoms with Crippen molar-refractivity contribution in [1.29, 1.82) is 0 Å². The van der Waals surface area contributed by atoms with E-state index in [0.717, 1.165) is 23.4 Å². The van der Waals surface area contributed by atoms with E-state index in [1.165, 1.54) is 5.56 Å². The van der Waals surface area contributed by atoms with Crippen LogP contribution in [0.5, 0.6) is 0 Å². The predicted molar refractivity (Wildman–Crippen MR) is 95.8 cm³/mol. The third-order valence-electron chi connectivity index (χ3n) is 3.92. The molecule has 2 aromatic rings. The van der Waals surface area contributed by atoms with E-state index in [-0.39, 0.29) is 24.4 Å². The SMILES string of the molecule is Cc1nn(C)c(C)c1CC(C)NC(=O)Cc1ccc(N)cc1.Cl. The average Bonchev–Trinajstić information content (AvgIpc) is 2.68. The van der Waals surface area contributed by atoms with Crippen LogP contribution in [0.4, 0.5) is 5.69 Å². The summed E-state index contributed by atoms with van der Waals surface area (Å²) in [6.45, 7) is 6.08. The third-order valence-corrected chi connectivity index (χ3v) is 3.92. The minimum atomic E-state index is 0. The number of benzene rings is 1. The first kappa shape index (κ1) is 19.0. The summed E-state index contributed by atoms with van der Waals surface area (Å²) in [4.78, 5) is 12.1. The number of aromatic nitrogens is 2. The number of nitrogen functional groups attached to an aromatic ring is 1. The summed E-state index contributed by atoms with van der Waals surface area (Å²) in [5.41, 5.74) is 10.7. The molecule has 1 amide bonds. The van der Waals surface area contributed by atoms with Crippen molar-refractivity contribution in [2.75, 3.05) is 5.73 Å². The van der Waals surface area contributed by atoms with Gasteiger partial charge < -0.3 is 11.1 Å². The molecule has 1 unspecified atom stereocenters. The van der Waals surface area contributed by atoms with Crippen molar-refractivity contribution in [1.82, 2.24) is 15.1 Å². The van der Waals surface area contributed by atoms with E-state index in [9.17, 15) is 4.79 Å². The third kappa shape index (κ3) is 4.99. The fourth-order valence-electron chi connectivity index (χ4n) is 2.62. The molecule has 6 heteroatoms. The van der Waals surface area contributed by atoms with Crippen molar-refractivity contribution in [3.05, 3.63) is 46.8 Å². The molecule has 2 rings (SSSR count). The fourth-order valence-corrected chi connectivity index (χ4v) is 2.62. The predicted octanol–water partition coefficient (Wildman–Crippen LogP) is 2.33. The van der Waals surface area contributed by atoms with Gasteiger partial charge in [-0.3, -0.25) is 9.48 Å². The van der Waals surface area contributed by atoms with Crippen molar-refractivity contribution in [2.45, 2.75) is 39.7 Å². The molecule has 0 saturated carbocycles. The highest BCUT2D eigenvalue weighted by atomic mass is 35.5. The molecule has 0 fully saturated rings. The molecule has 0 radical (unpaired) electrons. The first-order chi connectivity index (χ1) is 10.4. The Morgan fingerprint density at radius 2 is 1.91 bits per heavy atom. The van der Waals surface area contributed by atoms with E-state index in [1.54, 1.807) is 0 Å². The summed E-state index contributed by atoms with van der Waals surface area (Å²) in [5, 5.41) is 7.46. The molecule has 1 aromatic heterocycles. The molecule has 23 heavy (non-hydrogen) atoms. The molecule has 0 saturated heterocycles. The molecule has 0 aliphatic carbocycles. The number of carbonyl (C=O) groups is 1. The zero-order chi connectivity index (χ0) is 16.3. The van der Waals surface area contributed by atoms with Gasteiger partial charge >= 0.3 is 0 Å². The number of carbonyl (C=O) groups excluding carboxylic acids is 1. The van der Waals surface area contributed by atoms with Crippen LogP contribution >= 0.6 is 12.4 Å². The Morgan fingerprint density at radius 1 is 1.30 bits per heavy atom. The second kappa shape index (κ2) is 8.02. The van der Waals surface area contributed by atoms with Crippen LogP contribution in [0, 0.1) is 13.8 Å². The number of halogens is 1. The van der Waals surface area contributed by atoms with Crippen LogP contribution in [-0.4, -0.2) is 21.7 Å². The van der Waals surface area contributed by atoms with Gasteiger partial charge in [0.05, 0.1) is 12.1 Å². The lowest BCUT2D eigenvalue weighted by Gasteiger charge is -2.14. The van der Waals surface area contributed by atoms with Crippen molar-refractivity contribution in [3.63, 3.8) is 0 Å². The number of nitrogens with one attached hydrogen (secondary N) is 1. The van der Waals surface area contributed by atoms with E-state index in [2.05, 4.69) is 17.3 Å². The maximum absolute atomic E-state index is 12.1. The van der Waals surface area contributed by atoms with Gasteiger partial charge in [0.1, 0.15) is 0 Å². The number of hydrogen-bond donors (Lipinski definition) is 2. The molecule has 5 nitrogen and oxygen atoms in total. The Kier molecular flexibility index (Phi) is 6.63. The molecule has 0 spiro atoms. The van der Waals surface area contributed by atoms with Gasteiger partial charge in [0.15, 0.2) is 0 Å². The van der Waals surface area contributed by atoms with Gasteiger partial charge in [-0.05, 0) is 50.5 Å². The monoisotopic (exact) mass is 336 g/mol. The normalized spacial score (nSPS) is 11.7. The van der Waals surface area contributed by atoms with Crippen molar-refractivity contribution in [2.24, 2.45) is 7.05 Å². The van der Waals surface area contributed by atoms with Crippen LogP contribution in [0.15, 0.2) is 24.3 Å². The summed E-state index contributed by atoms with van der Waals surface area (Å²) in [6, 6.07) is 7.47. The molecular weight excluding hydrogens is 312 g/mol. The lowest BCUT2D eigenvalue weighted by atomic mass is 10.0. The van der Waals surface area contributed by atoms with Crippen LogP contribution < -0.4 is 11.1 Å². The molecule has 0 bridgehead atoms. The van der Waals surface area contributed by atoms with Gasteiger partial charge in [-0.1, -0.05) is 12.1 Å². The zero-order valence-electron chi connectivity index (χ0n) is 14.1. The maximum atomic E-state index is 12.1. The number of nitrogens with zero attached hydrogens (tertiary/aromatic N) is 2. The maximum Gasteiger partial charge on any atom is 0.224 e. The number of nitrogens with two attached hydrogens (primary N) is 1. The van der Waals surface area contributed by atoms with Crippen LogP contribution in [-0.2, 0) is 24.7 Å². The zero-order valence-corrected chi connectivity index (χ0v) is 14.9. The summed E-state index contributed by atoms with van der Waals surface area (Å²) >= 11 is 0. The smallest absolute Gasteiger partial charge is 0.224 e. The second-order valence-electron chi connectivity index (χ2n) is 5.86. The molecule has 126 valence electrons. The van der Waals surface area contributed by atoms with E-state index >= 15 is 0 Å². The highest BCUT2D eigenvalue weighted by Crippen LogP contribution is 2.14. The Bertz CT molecular complexity index is 664. The first-order valence-corrected chi connectivity index (χ1v) is 7.49. The minimum Gasteiger partial charge on any atom is -0.399 e. The van der Waals surface area contributed by atoms with E-state index in [1.807, 2.05) is 49.8 Å². The molecule has 0 aliphatic rings. The molecule has 0 aliphatic heterocycles. The van der Waals surface area contributed by atoms with Crippen molar-refractivity contribution in [3.8, 4) is 0 Å². The average molecular weight is 337 g/mol. The summed E-state index contributed by atoms with van der Waals surface area (Å²) in [6.07, 6.45) is 1.16. The molecule has 3 N–H and O–H groups in total. The minimum absolute atomic E-state index is 0. The number of amides is 1. The van der Waals surface area contributed by atoms with Crippen molar-refractivity contribution < 1.29 is 4.79 Å². The standard InChI is InChI=1S/C17H24N4O.ClH/c1-11(9-16-12(2)20-21(4)13(16)3)19-17(22)10-14-5-7-15(18)8-6-14;/h5-8,11H,9-10,18H2,1-4H3,(H,19,22);1H. The van der Waals surface area contributed by atoms with Crippen LogP contribution in [0.2, 0.25) is 0 Å². The van der Waals surface area contributed by atoms with Gasteiger partial charge in [0.2, 0.25) is 5.91 Å². The van der Waals surface area contributed by atoms with Crippen molar-refractivity contribution >= 4 is 24.0 Å². The highest BCUT2D eigenvalue weighted by Gasteiger charge is 2.14. The molecular formula is C17H25ClN4O. The largest absolute Gasteiger partial charge is 0.399 e. The number of anilines is 1. The Labute approximate surface area is 143 Å². The van der Waals surface area contributed by atoms with Gasteiger partial charge in [-0.2, -0.15) is 5.10 Å². The highest BCUT2D eigenvalue weighted by molar-refractivity contribution is 5.85. The summed E-state index contributed by atoms with van der Waals surface area (Å²) < 4.78 is 1.88. The van der Waals surface area contributed by atoms with Gasteiger partial charge in [-0.25, -0.2) is 0 Å². The molecule has 1 heterocycles. The van der Waals surface area contributed by atoms with E-state index in [0.29, 0.717) is 12.1 Å². The quantitative estimate of drug-likeness (QED) is 0.823. The first-order valence-electron chi connectivity index (χ1n) is 7.49. The van der Waals surface area contributed by atoms with E-state index in [4.69, 9.17) is 5.73 Å². The van der Waals surface area contributed by atoms with Crippen LogP contribution in [0.3, 0.4) is 0 Å². The molecule has 1 aromatic carbocycles. The van der Waals surface area contributed by atoms with Gasteiger partial charge in [0, 0.05) is 24.5 Å². The summed E-state index contributed by atoms with van der Waals surface area (Å²) in [7, 11) is 1.94. The topological polar surface area (TPSA) is 72.9 Å². The van der Waals surface area contributed by atoms with Crippen LogP contribution in [0.25, 0.3) is 0 Å². The van der Waals surface area contributed by atoms with Gasteiger partial charge in [0.25, 0.3) is 0 Å². The second-order valence-corrected chi connectivity index (χ2v) is 5.86.